The molecule has 0 heterocycles. The van der Waals surface area contributed by atoms with Crippen LogP contribution in [0.4, 0.5) is 0 Å². The molecule has 0 saturated carbocycles. The monoisotopic (exact) mass is 369 g/mol. The fourth-order valence-electron chi connectivity index (χ4n) is 3.58. The van der Waals surface area contributed by atoms with Crippen LogP contribution in [-0.4, -0.2) is 24.1 Å². The van der Waals surface area contributed by atoms with E-state index in [1.165, 1.54) is 12.6 Å². The van der Waals surface area contributed by atoms with Gasteiger partial charge in [0, 0.05) is 6.08 Å². The molecule has 28 heavy (non-hydrogen) atoms. The summed E-state index contributed by atoms with van der Waals surface area (Å²) in [5, 5.41) is 12.1. The number of hydrogen-bond donors (Lipinski definition) is 0. The second kappa shape index (κ2) is 8.13. The van der Waals surface area contributed by atoms with Crippen molar-refractivity contribution in [2.45, 2.75) is 12.8 Å². The van der Waals surface area contributed by atoms with Crippen LogP contribution in [0, 0.1) is 5.21 Å². The fourth-order valence-corrected chi connectivity index (χ4v) is 3.58. The molecule has 3 nitrogen and oxygen atoms in total. The number of hydroxylamine groups is 1. The Balaban J connectivity index is 1.50. The summed E-state index contributed by atoms with van der Waals surface area (Å²) in [4.78, 5) is 0. The Morgan fingerprint density at radius 2 is 1.57 bits per heavy atom. The van der Waals surface area contributed by atoms with Gasteiger partial charge in [-0.15, -0.1) is 0 Å². The van der Waals surface area contributed by atoms with Crippen LogP contribution in [0.5, 0.6) is 5.75 Å². The highest BCUT2D eigenvalue weighted by Gasteiger charge is 2.25. The number of nitrogens with zero attached hydrogens (tertiary/aromatic N) is 1. The lowest BCUT2D eigenvalue weighted by Gasteiger charge is -2.10. The average Bonchev–Trinajstić information content (AvgIpc) is 3.12. The summed E-state index contributed by atoms with van der Waals surface area (Å²) in [5.41, 5.74) is 6.17. The molecule has 140 valence electrons. The quantitative estimate of drug-likeness (QED) is 0.263. The molecule has 0 saturated heterocycles. The first kappa shape index (κ1) is 18.1. The van der Waals surface area contributed by atoms with E-state index in [0.29, 0.717) is 12.3 Å². The molecule has 0 radical (unpaired) electrons. The molecule has 0 bridgehead atoms. The number of allylic oxidation sites excluding steroid dienone is 1. The lowest BCUT2D eigenvalue weighted by atomic mass is 9.99. The second-order valence-electron chi connectivity index (χ2n) is 6.95. The van der Waals surface area contributed by atoms with Gasteiger partial charge in [-0.05, 0) is 53.3 Å². The Hall–Kier alpha value is -3.33. The third kappa shape index (κ3) is 3.84. The molecule has 0 spiro atoms. The van der Waals surface area contributed by atoms with Crippen molar-refractivity contribution in [3.8, 4) is 5.75 Å². The van der Waals surface area contributed by atoms with E-state index >= 15 is 0 Å². The van der Waals surface area contributed by atoms with E-state index in [1.54, 1.807) is 0 Å². The van der Waals surface area contributed by atoms with E-state index in [9.17, 15) is 5.21 Å². The normalized spacial score (nSPS) is 14.4. The molecule has 4 rings (SSSR count). The van der Waals surface area contributed by atoms with Gasteiger partial charge in [0.05, 0.1) is 12.2 Å². The molecule has 0 aliphatic heterocycles. The highest BCUT2D eigenvalue weighted by Crippen LogP contribution is 2.35. The largest absolute Gasteiger partial charge is 0.624 e. The maximum Gasteiger partial charge on any atom is 0.219 e. The minimum atomic E-state index is 0.648. The van der Waals surface area contributed by atoms with Gasteiger partial charge in [0.25, 0.3) is 0 Å². The molecule has 3 heteroatoms. The molecular formula is C25H23NO2. The smallest absolute Gasteiger partial charge is 0.219 e. The van der Waals surface area contributed by atoms with Crippen LogP contribution in [-0.2, 0) is 6.42 Å². The Bertz CT molecular complexity index is 1020. The molecule has 0 aromatic heterocycles. The zero-order valence-corrected chi connectivity index (χ0v) is 16.0. The summed E-state index contributed by atoms with van der Waals surface area (Å²) in [5.74, 6) is 0.800. The van der Waals surface area contributed by atoms with Gasteiger partial charge in [0.15, 0.2) is 0 Å². The molecule has 3 aromatic rings. The number of aryl methyl sites for hydroxylation is 1. The topological polar surface area (TPSA) is 35.3 Å². The van der Waals surface area contributed by atoms with Gasteiger partial charge in [0.2, 0.25) is 5.71 Å². The van der Waals surface area contributed by atoms with Crippen molar-refractivity contribution < 1.29 is 9.48 Å². The van der Waals surface area contributed by atoms with Gasteiger partial charge in [0.1, 0.15) is 12.8 Å². The highest BCUT2D eigenvalue weighted by molar-refractivity contribution is 6.19. The predicted octanol–water partition coefficient (Wildman–Crippen LogP) is 5.07. The van der Waals surface area contributed by atoms with Crippen LogP contribution in [0.2, 0.25) is 0 Å². The van der Waals surface area contributed by atoms with E-state index < -0.39 is 0 Å². The van der Waals surface area contributed by atoms with Crippen molar-refractivity contribution in [3.63, 3.8) is 0 Å². The first-order valence-electron chi connectivity index (χ1n) is 9.59. The van der Waals surface area contributed by atoms with Crippen molar-refractivity contribution in [2.24, 2.45) is 0 Å². The van der Waals surface area contributed by atoms with E-state index in [1.807, 2.05) is 42.5 Å². The van der Waals surface area contributed by atoms with Crippen LogP contribution in [0.25, 0.3) is 5.57 Å². The maximum atomic E-state index is 12.1. The highest BCUT2D eigenvalue weighted by atomic mass is 16.5. The molecule has 1 aliphatic rings. The van der Waals surface area contributed by atoms with Crippen LogP contribution >= 0.6 is 0 Å². The van der Waals surface area contributed by atoms with Gasteiger partial charge in [-0.25, -0.2) is 4.74 Å². The third-order valence-electron chi connectivity index (χ3n) is 4.98. The molecule has 0 N–H and O–H groups in total. The summed E-state index contributed by atoms with van der Waals surface area (Å²) in [7, 11) is 1.54. The van der Waals surface area contributed by atoms with Gasteiger partial charge < -0.3 is 9.94 Å². The van der Waals surface area contributed by atoms with Crippen molar-refractivity contribution >= 4 is 11.3 Å². The summed E-state index contributed by atoms with van der Waals surface area (Å²) in [6.45, 7) is 0.648. The fraction of sp³-hybridized carbons (Fsp3) is 0.160. The lowest BCUT2D eigenvalue weighted by molar-refractivity contribution is -0.421. The molecule has 0 atom stereocenters. The summed E-state index contributed by atoms with van der Waals surface area (Å²) < 4.78 is 6.89. The zero-order chi connectivity index (χ0) is 19.3. The molecule has 0 unspecified atom stereocenters. The molecule has 1 aliphatic carbocycles. The number of hydrogen-bond acceptors (Lipinski definition) is 2. The predicted molar refractivity (Wildman–Crippen MR) is 114 cm³/mol. The molecular weight excluding hydrogens is 346 g/mol. The van der Waals surface area contributed by atoms with Gasteiger partial charge >= 0.3 is 0 Å². The van der Waals surface area contributed by atoms with Crippen LogP contribution in [0.3, 0.4) is 0 Å². The minimum absolute atomic E-state index is 0.648. The number of ether oxygens (including phenoxy) is 1. The summed E-state index contributed by atoms with van der Waals surface area (Å²) >= 11 is 0. The Kier molecular flexibility index (Phi) is 5.24. The van der Waals surface area contributed by atoms with Crippen molar-refractivity contribution in [1.82, 2.24) is 0 Å². The van der Waals surface area contributed by atoms with E-state index in [2.05, 4.69) is 42.5 Å². The Labute approximate surface area is 165 Å². The van der Waals surface area contributed by atoms with E-state index in [0.717, 1.165) is 45.6 Å². The Morgan fingerprint density at radius 1 is 0.857 bits per heavy atom. The van der Waals surface area contributed by atoms with Crippen LogP contribution in [0.1, 0.15) is 28.7 Å². The zero-order valence-electron chi connectivity index (χ0n) is 16.0. The molecule has 3 aromatic carbocycles. The Morgan fingerprint density at radius 3 is 2.29 bits per heavy atom. The van der Waals surface area contributed by atoms with Crippen LogP contribution in [0.15, 0.2) is 84.9 Å². The SMILES string of the molecule is C/[N+]([O-])=C1\C=C(c2ccccc2)c2ccc(OCCCc3ccccc3)cc21. The van der Waals surface area contributed by atoms with E-state index in [-0.39, 0.29) is 0 Å². The number of rotatable bonds is 6. The standard InChI is InChI=1S/C25H23NO2/c1-26(27)25-18-23(20-12-6-3-7-13-20)22-15-14-21(17-24(22)25)28-16-8-11-19-9-4-2-5-10-19/h2-7,9-10,12-15,17-18H,8,11,16H2,1H3/b26-25-. The molecule has 0 fully saturated rings. The third-order valence-corrected chi connectivity index (χ3v) is 4.98. The summed E-state index contributed by atoms with van der Waals surface area (Å²) in [6.07, 6.45) is 3.91. The first-order chi connectivity index (χ1) is 13.7. The van der Waals surface area contributed by atoms with Crippen molar-refractivity contribution in [2.75, 3.05) is 13.7 Å². The van der Waals surface area contributed by atoms with Crippen molar-refractivity contribution in [3.05, 3.63) is 112 Å². The second-order valence-corrected chi connectivity index (χ2v) is 6.95. The number of fused-ring (bicyclic) bond motifs is 1. The average molecular weight is 369 g/mol. The van der Waals surface area contributed by atoms with Gasteiger partial charge in [-0.2, -0.15) is 0 Å². The van der Waals surface area contributed by atoms with Crippen LogP contribution < -0.4 is 4.74 Å². The van der Waals surface area contributed by atoms with Gasteiger partial charge in [-0.3, -0.25) is 0 Å². The molecule has 0 amide bonds. The lowest BCUT2D eigenvalue weighted by Crippen LogP contribution is -2.09. The maximum absolute atomic E-state index is 12.1. The minimum Gasteiger partial charge on any atom is -0.624 e. The van der Waals surface area contributed by atoms with Gasteiger partial charge in [-0.1, -0.05) is 60.7 Å². The van der Waals surface area contributed by atoms with E-state index in [4.69, 9.17) is 4.74 Å². The summed E-state index contributed by atoms with van der Waals surface area (Å²) in [6, 6.07) is 26.6. The first-order valence-corrected chi connectivity index (χ1v) is 9.59. The van der Waals surface area contributed by atoms with Crippen molar-refractivity contribution in [1.29, 1.82) is 0 Å². The number of benzene rings is 3.